The van der Waals surface area contributed by atoms with Crippen LogP contribution >= 0.6 is 0 Å². The summed E-state index contributed by atoms with van der Waals surface area (Å²) in [5.74, 6) is -0.111. The summed E-state index contributed by atoms with van der Waals surface area (Å²) in [6, 6.07) is 14.5. The zero-order valence-corrected chi connectivity index (χ0v) is 17.2. The molecule has 0 fully saturated rings. The van der Waals surface area contributed by atoms with E-state index in [-0.39, 0.29) is 17.5 Å². The average molecular weight is 416 g/mol. The Labute approximate surface area is 178 Å². The van der Waals surface area contributed by atoms with Gasteiger partial charge in [-0.05, 0) is 56.2 Å². The second-order valence-corrected chi connectivity index (χ2v) is 7.45. The number of hydrogen-bond acceptors (Lipinski definition) is 7. The maximum atomic E-state index is 12.7. The molecule has 156 valence electrons. The molecular formula is C22H20N6O3. The van der Waals surface area contributed by atoms with Crippen molar-refractivity contribution in [3.63, 3.8) is 0 Å². The van der Waals surface area contributed by atoms with Crippen LogP contribution in [0.3, 0.4) is 0 Å². The topological polar surface area (TPSA) is 134 Å². The highest BCUT2D eigenvalue weighted by atomic mass is 16.6. The van der Waals surface area contributed by atoms with Gasteiger partial charge in [0.2, 0.25) is 5.95 Å². The Morgan fingerprint density at radius 3 is 2.52 bits per heavy atom. The van der Waals surface area contributed by atoms with Gasteiger partial charge in [-0.2, -0.15) is 5.26 Å². The number of nitro groups is 1. The number of benzene rings is 2. The fourth-order valence-electron chi connectivity index (χ4n) is 2.75. The number of carbonyl (C=O) groups excluding carboxylic acids is 1. The third kappa shape index (κ3) is 5.00. The lowest BCUT2D eigenvalue weighted by Gasteiger charge is -2.16. The van der Waals surface area contributed by atoms with Gasteiger partial charge >= 0.3 is 5.69 Å². The third-order valence-electron chi connectivity index (χ3n) is 4.72. The van der Waals surface area contributed by atoms with Crippen molar-refractivity contribution in [3.8, 4) is 6.07 Å². The van der Waals surface area contributed by atoms with E-state index in [0.29, 0.717) is 16.9 Å². The van der Waals surface area contributed by atoms with Crippen LogP contribution in [0.1, 0.15) is 35.3 Å². The normalized spacial score (nSPS) is 10.8. The largest absolute Gasteiger partial charge is 0.324 e. The van der Waals surface area contributed by atoms with Crippen LogP contribution in [0.25, 0.3) is 0 Å². The number of nitrogens with one attached hydrogen (secondary N) is 2. The zero-order chi connectivity index (χ0) is 22.6. The molecule has 1 heterocycles. The molecule has 0 aliphatic carbocycles. The molecule has 0 radical (unpaired) electrons. The monoisotopic (exact) mass is 416 g/mol. The number of carbonyl (C=O) groups is 1. The summed E-state index contributed by atoms with van der Waals surface area (Å²) < 4.78 is 0. The Kier molecular flexibility index (Phi) is 5.93. The van der Waals surface area contributed by atoms with Crippen molar-refractivity contribution in [3.05, 3.63) is 81.7 Å². The van der Waals surface area contributed by atoms with Crippen LogP contribution in [0.5, 0.6) is 0 Å². The van der Waals surface area contributed by atoms with Gasteiger partial charge in [0, 0.05) is 16.9 Å². The number of amides is 1. The van der Waals surface area contributed by atoms with E-state index in [0.717, 1.165) is 23.5 Å². The molecule has 0 atom stereocenters. The van der Waals surface area contributed by atoms with Gasteiger partial charge in [-0.15, -0.1) is 0 Å². The molecule has 3 aromatic rings. The molecule has 9 nitrogen and oxygen atoms in total. The zero-order valence-electron chi connectivity index (χ0n) is 17.2. The predicted octanol–water partition coefficient (Wildman–Crippen LogP) is 4.49. The number of nitriles is 1. The summed E-state index contributed by atoms with van der Waals surface area (Å²) in [6.45, 7) is 5.46. The quantitative estimate of drug-likeness (QED) is 0.446. The van der Waals surface area contributed by atoms with E-state index in [9.17, 15) is 20.2 Å². The van der Waals surface area contributed by atoms with Crippen molar-refractivity contribution >= 4 is 28.9 Å². The van der Waals surface area contributed by atoms with Crippen molar-refractivity contribution < 1.29 is 9.72 Å². The number of hydrogen-bond donors (Lipinski definition) is 2. The molecule has 9 heteroatoms. The third-order valence-corrected chi connectivity index (χ3v) is 4.72. The minimum Gasteiger partial charge on any atom is -0.324 e. The van der Waals surface area contributed by atoms with Crippen LogP contribution in [-0.2, 0) is 5.41 Å². The Bertz CT molecular complexity index is 1180. The highest BCUT2D eigenvalue weighted by molar-refractivity contribution is 6.04. The number of aryl methyl sites for hydroxylation is 1. The molecule has 31 heavy (non-hydrogen) atoms. The van der Waals surface area contributed by atoms with Crippen molar-refractivity contribution in [2.75, 3.05) is 10.6 Å². The average Bonchev–Trinajstić information content (AvgIpc) is 2.76. The fourth-order valence-corrected chi connectivity index (χ4v) is 2.75. The molecule has 2 aromatic carbocycles. The molecule has 0 saturated heterocycles. The van der Waals surface area contributed by atoms with Crippen LogP contribution in [0.4, 0.5) is 23.0 Å². The lowest BCUT2D eigenvalue weighted by atomic mass is 9.85. The minimum absolute atomic E-state index is 0.198. The highest BCUT2D eigenvalue weighted by Crippen LogP contribution is 2.25. The molecule has 0 aliphatic heterocycles. The highest BCUT2D eigenvalue weighted by Gasteiger charge is 2.21. The van der Waals surface area contributed by atoms with E-state index in [2.05, 4.69) is 26.7 Å². The van der Waals surface area contributed by atoms with E-state index in [1.54, 1.807) is 44.2 Å². The Morgan fingerprint density at radius 2 is 1.87 bits per heavy atom. The molecule has 0 saturated carbocycles. The van der Waals surface area contributed by atoms with Crippen LogP contribution in [0, 0.1) is 28.4 Å². The molecule has 1 amide bonds. The molecule has 0 spiro atoms. The van der Waals surface area contributed by atoms with Crippen LogP contribution in [-0.4, -0.2) is 20.8 Å². The van der Waals surface area contributed by atoms with E-state index < -0.39 is 10.3 Å². The van der Waals surface area contributed by atoms with Crippen molar-refractivity contribution in [2.24, 2.45) is 0 Å². The molecular weight excluding hydrogens is 396 g/mol. The maximum Gasteiger partial charge on any atom is 0.305 e. The van der Waals surface area contributed by atoms with E-state index in [1.165, 1.54) is 0 Å². The van der Waals surface area contributed by atoms with Gasteiger partial charge in [0.25, 0.3) is 5.91 Å². The van der Waals surface area contributed by atoms with Gasteiger partial charge < -0.3 is 10.6 Å². The van der Waals surface area contributed by atoms with E-state index in [1.807, 2.05) is 19.1 Å². The molecule has 1 aromatic heterocycles. The first kappa shape index (κ1) is 21.4. The smallest absolute Gasteiger partial charge is 0.305 e. The van der Waals surface area contributed by atoms with Gasteiger partial charge in [-0.25, -0.2) is 9.97 Å². The second kappa shape index (κ2) is 8.59. The SMILES string of the molecule is Cc1ccc(NC(=O)c2cccc(C(C)(C)C#N)c2)cc1Nc1ncc([N+](=O)[O-])cn1. The maximum absolute atomic E-state index is 12.7. The minimum atomic E-state index is -0.706. The Hall–Kier alpha value is -4.32. The summed E-state index contributed by atoms with van der Waals surface area (Å²) in [6.07, 6.45) is 2.23. The van der Waals surface area contributed by atoms with Gasteiger partial charge in [0.05, 0.1) is 16.4 Å². The Balaban J connectivity index is 1.79. The first-order valence-electron chi connectivity index (χ1n) is 9.37. The van der Waals surface area contributed by atoms with E-state index in [4.69, 9.17) is 0 Å². The van der Waals surface area contributed by atoms with Crippen molar-refractivity contribution in [1.82, 2.24) is 9.97 Å². The summed E-state index contributed by atoms with van der Waals surface area (Å²) in [7, 11) is 0. The fraction of sp³-hybridized carbons (Fsp3) is 0.182. The van der Waals surface area contributed by atoms with Gasteiger partial charge in [-0.3, -0.25) is 14.9 Å². The van der Waals surface area contributed by atoms with Gasteiger partial charge in [0.1, 0.15) is 12.4 Å². The number of anilines is 3. The van der Waals surface area contributed by atoms with Crippen molar-refractivity contribution in [2.45, 2.75) is 26.2 Å². The van der Waals surface area contributed by atoms with Crippen LogP contribution in [0.15, 0.2) is 54.9 Å². The van der Waals surface area contributed by atoms with Crippen LogP contribution < -0.4 is 10.6 Å². The van der Waals surface area contributed by atoms with Crippen molar-refractivity contribution in [1.29, 1.82) is 5.26 Å². The Morgan fingerprint density at radius 1 is 1.16 bits per heavy atom. The second-order valence-electron chi connectivity index (χ2n) is 7.45. The van der Waals surface area contributed by atoms with Gasteiger partial charge in [0.15, 0.2) is 0 Å². The summed E-state index contributed by atoms with van der Waals surface area (Å²) in [4.78, 5) is 30.8. The molecule has 0 aliphatic rings. The number of nitrogens with zero attached hydrogens (tertiary/aromatic N) is 4. The number of aromatic nitrogens is 2. The molecule has 0 unspecified atom stereocenters. The summed E-state index contributed by atoms with van der Waals surface area (Å²) in [5, 5.41) is 25.9. The lowest BCUT2D eigenvalue weighted by molar-refractivity contribution is -0.385. The first-order valence-corrected chi connectivity index (χ1v) is 9.37. The molecule has 2 N–H and O–H groups in total. The standard InChI is InChI=1S/C22H20N6O3/c1-14-7-8-17(10-19(14)27-21-24-11-18(12-25-21)28(30)31)26-20(29)15-5-4-6-16(9-15)22(2,3)13-23/h4-12H,1-3H3,(H,26,29)(H,24,25,27). The molecule has 3 rings (SSSR count). The first-order chi connectivity index (χ1) is 14.7. The van der Waals surface area contributed by atoms with Gasteiger partial charge in [-0.1, -0.05) is 18.2 Å². The number of rotatable bonds is 6. The molecule has 0 bridgehead atoms. The van der Waals surface area contributed by atoms with E-state index >= 15 is 0 Å². The lowest BCUT2D eigenvalue weighted by Crippen LogP contribution is -2.17. The summed E-state index contributed by atoms with van der Waals surface area (Å²) >= 11 is 0. The summed E-state index contributed by atoms with van der Waals surface area (Å²) in [5.41, 5.74) is 2.35. The predicted molar refractivity (Wildman–Crippen MR) is 116 cm³/mol. The van der Waals surface area contributed by atoms with Crippen LogP contribution in [0.2, 0.25) is 0 Å².